The molecule has 0 saturated heterocycles. The molecule has 5 heteroatoms. The predicted octanol–water partition coefficient (Wildman–Crippen LogP) is 2.30. The summed E-state index contributed by atoms with van der Waals surface area (Å²) in [6.07, 6.45) is -3.50. The van der Waals surface area contributed by atoms with Crippen molar-refractivity contribution in [3.05, 3.63) is 12.2 Å². The number of carbonyl (C=O) groups is 1. The van der Waals surface area contributed by atoms with Crippen molar-refractivity contribution in [1.82, 2.24) is 0 Å². The van der Waals surface area contributed by atoms with Gasteiger partial charge in [-0.1, -0.05) is 19.9 Å². The van der Waals surface area contributed by atoms with Crippen molar-refractivity contribution in [3.63, 3.8) is 0 Å². The molecular weight excluding hydrogens is 197 g/mol. The Balaban J connectivity index is 2.57. The lowest BCUT2D eigenvalue weighted by Crippen LogP contribution is -2.01. The summed E-state index contributed by atoms with van der Waals surface area (Å²) in [5.41, 5.74) is -0.386. The van der Waals surface area contributed by atoms with Crippen LogP contribution in [0.4, 0.5) is 13.2 Å². The van der Waals surface area contributed by atoms with Crippen molar-refractivity contribution in [2.45, 2.75) is 26.1 Å². The van der Waals surface area contributed by atoms with E-state index in [0.717, 1.165) is 6.08 Å². The molecule has 0 radical (unpaired) electrons. The number of hydrogen-bond donors (Lipinski definition) is 0. The third-order valence-corrected chi connectivity index (χ3v) is 2.50. The zero-order valence-electron chi connectivity index (χ0n) is 7.84. The predicted molar refractivity (Wildman–Crippen MR) is 43.4 cm³/mol. The zero-order valence-corrected chi connectivity index (χ0v) is 7.84. The molecule has 0 amide bonds. The van der Waals surface area contributed by atoms with E-state index in [4.69, 9.17) is 0 Å². The molecule has 1 saturated carbocycles. The molecule has 0 aromatic heterocycles. The van der Waals surface area contributed by atoms with Gasteiger partial charge in [0.2, 0.25) is 0 Å². The summed E-state index contributed by atoms with van der Waals surface area (Å²) in [4.78, 5) is 10.0. The first-order chi connectivity index (χ1) is 6.29. The van der Waals surface area contributed by atoms with Crippen molar-refractivity contribution in [2.24, 2.45) is 11.3 Å². The third kappa shape index (κ3) is 2.27. The van der Waals surface area contributed by atoms with E-state index in [9.17, 15) is 18.0 Å². The topological polar surface area (TPSA) is 26.3 Å². The van der Waals surface area contributed by atoms with Crippen LogP contribution in [0, 0.1) is 11.3 Å². The average molecular weight is 208 g/mol. The fraction of sp³-hybridized carbons (Fsp3) is 0.667. The van der Waals surface area contributed by atoms with E-state index in [0.29, 0.717) is 0 Å². The van der Waals surface area contributed by atoms with Gasteiger partial charge in [-0.05, 0) is 0 Å². The molecule has 2 unspecified atom stereocenters. The molecule has 0 heterocycles. The van der Waals surface area contributed by atoms with Crippen molar-refractivity contribution >= 4 is 6.47 Å². The van der Waals surface area contributed by atoms with E-state index in [1.54, 1.807) is 13.8 Å². The molecule has 1 aliphatic carbocycles. The second-order valence-electron chi connectivity index (χ2n) is 3.90. The van der Waals surface area contributed by atoms with E-state index >= 15 is 0 Å². The Morgan fingerprint density at radius 1 is 1.36 bits per heavy atom. The van der Waals surface area contributed by atoms with E-state index in [1.807, 2.05) is 0 Å². The monoisotopic (exact) mass is 208 g/mol. The molecule has 1 fully saturated rings. The summed E-state index contributed by atoms with van der Waals surface area (Å²) in [6.45, 7) is 3.78. The van der Waals surface area contributed by atoms with Crippen LogP contribution in [0.2, 0.25) is 0 Å². The highest BCUT2D eigenvalue weighted by molar-refractivity contribution is 5.40. The minimum atomic E-state index is -4.30. The van der Waals surface area contributed by atoms with E-state index < -0.39 is 12.3 Å². The molecule has 1 aliphatic rings. The van der Waals surface area contributed by atoms with Gasteiger partial charge >= 0.3 is 6.18 Å². The molecule has 80 valence electrons. The van der Waals surface area contributed by atoms with Crippen molar-refractivity contribution < 1.29 is 22.7 Å². The van der Waals surface area contributed by atoms with Gasteiger partial charge in [0, 0.05) is 17.4 Å². The molecule has 0 aromatic rings. The van der Waals surface area contributed by atoms with Crippen molar-refractivity contribution in [2.75, 3.05) is 0 Å². The Bertz CT molecular complexity index is 255. The van der Waals surface area contributed by atoms with Crippen LogP contribution in [0.15, 0.2) is 12.2 Å². The molecule has 14 heavy (non-hydrogen) atoms. The summed E-state index contributed by atoms with van der Waals surface area (Å²) in [7, 11) is 0. The highest BCUT2D eigenvalue weighted by Gasteiger charge is 2.59. The summed E-state index contributed by atoms with van der Waals surface area (Å²) in [6, 6.07) is 0. The fourth-order valence-corrected chi connectivity index (χ4v) is 1.51. The second-order valence-corrected chi connectivity index (χ2v) is 3.90. The van der Waals surface area contributed by atoms with E-state index in [-0.39, 0.29) is 23.9 Å². The average Bonchev–Trinajstić information content (AvgIpc) is 2.49. The normalized spacial score (nSPS) is 30.4. The number of halogens is 3. The lowest BCUT2D eigenvalue weighted by atomic mass is 10.1. The van der Waals surface area contributed by atoms with Crippen LogP contribution in [-0.4, -0.2) is 18.8 Å². The summed E-state index contributed by atoms with van der Waals surface area (Å²) in [5, 5.41) is 0. The van der Waals surface area contributed by atoms with Gasteiger partial charge in [0.05, 0.1) is 0 Å². The molecule has 0 aromatic carbocycles. The second kappa shape index (κ2) is 3.29. The van der Waals surface area contributed by atoms with Crippen LogP contribution in [0.5, 0.6) is 0 Å². The first-order valence-electron chi connectivity index (χ1n) is 4.14. The standard InChI is InChI=1S/C9H11F3O2/c1-8(2)6(7(8)14-5-13)3-4-9(10,11)12/h3-7H,1-2H3. The molecule has 0 bridgehead atoms. The lowest BCUT2D eigenvalue weighted by molar-refractivity contribution is -0.130. The minimum Gasteiger partial charge on any atom is -0.463 e. The maximum atomic E-state index is 11.8. The van der Waals surface area contributed by atoms with Gasteiger partial charge < -0.3 is 4.74 Å². The maximum absolute atomic E-state index is 11.8. The van der Waals surface area contributed by atoms with Crippen LogP contribution in [-0.2, 0) is 9.53 Å². The van der Waals surface area contributed by atoms with Gasteiger partial charge in [0.15, 0.2) is 0 Å². The van der Waals surface area contributed by atoms with Gasteiger partial charge in [-0.2, -0.15) is 13.2 Å². The van der Waals surface area contributed by atoms with Gasteiger partial charge in [-0.3, -0.25) is 4.79 Å². The lowest BCUT2D eigenvalue weighted by Gasteiger charge is -1.98. The summed E-state index contributed by atoms with van der Waals surface area (Å²) in [5.74, 6) is -0.339. The van der Waals surface area contributed by atoms with E-state index in [2.05, 4.69) is 4.74 Å². The Kier molecular flexibility index (Phi) is 2.61. The first-order valence-corrected chi connectivity index (χ1v) is 4.14. The number of hydrogen-bond acceptors (Lipinski definition) is 2. The van der Waals surface area contributed by atoms with Crippen LogP contribution < -0.4 is 0 Å². The van der Waals surface area contributed by atoms with Crippen LogP contribution in [0.1, 0.15) is 13.8 Å². The maximum Gasteiger partial charge on any atom is 0.409 e. The molecule has 2 atom stereocenters. The molecule has 2 nitrogen and oxygen atoms in total. The molecule has 0 aliphatic heterocycles. The van der Waals surface area contributed by atoms with Gasteiger partial charge in [-0.15, -0.1) is 0 Å². The van der Waals surface area contributed by atoms with Gasteiger partial charge in [0.1, 0.15) is 6.10 Å². The molecular formula is C9H11F3O2. The fourth-order valence-electron chi connectivity index (χ4n) is 1.51. The Morgan fingerprint density at radius 2 is 1.93 bits per heavy atom. The zero-order chi connectivity index (χ0) is 11.0. The first kappa shape index (κ1) is 11.1. The molecule has 1 rings (SSSR count). The van der Waals surface area contributed by atoms with Gasteiger partial charge in [0.25, 0.3) is 6.47 Å². The highest BCUT2D eigenvalue weighted by atomic mass is 19.4. The summed E-state index contributed by atoms with van der Waals surface area (Å²) >= 11 is 0. The van der Waals surface area contributed by atoms with Crippen LogP contribution in [0.25, 0.3) is 0 Å². The number of alkyl halides is 3. The largest absolute Gasteiger partial charge is 0.463 e. The van der Waals surface area contributed by atoms with E-state index in [1.165, 1.54) is 0 Å². The SMILES string of the molecule is CC1(C)C(C=CC(F)(F)F)C1OC=O. The minimum absolute atomic E-state index is 0.188. The highest BCUT2D eigenvalue weighted by Crippen LogP contribution is 2.54. The third-order valence-electron chi connectivity index (χ3n) is 2.50. The quantitative estimate of drug-likeness (QED) is 0.525. The Hall–Kier alpha value is -1.00. The van der Waals surface area contributed by atoms with Gasteiger partial charge in [-0.25, -0.2) is 0 Å². The number of carbonyl (C=O) groups excluding carboxylic acids is 1. The summed E-state index contributed by atoms with van der Waals surface area (Å²) < 4.78 is 40.1. The smallest absolute Gasteiger partial charge is 0.409 e. The number of ether oxygens (including phenoxy) is 1. The Labute approximate surface area is 79.7 Å². The van der Waals surface area contributed by atoms with Crippen LogP contribution >= 0.6 is 0 Å². The van der Waals surface area contributed by atoms with Crippen LogP contribution in [0.3, 0.4) is 0 Å². The van der Waals surface area contributed by atoms with Crippen molar-refractivity contribution in [3.8, 4) is 0 Å². The number of rotatable bonds is 3. The molecule has 0 spiro atoms. The number of allylic oxidation sites excluding steroid dienone is 1. The Morgan fingerprint density at radius 3 is 2.36 bits per heavy atom. The molecule has 0 N–H and O–H groups in total. The van der Waals surface area contributed by atoms with Crippen molar-refractivity contribution in [1.29, 1.82) is 0 Å².